The first-order chi connectivity index (χ1) is 10.8. The third-order valence-corrected chi connectivity index (χ3v) is 4.00. The maximum absolute atomic E-state index is 12.5. The van der Waals surface area contributed by atoms with Crippen LogP contribution in [0.1, 0.15) is 44.4 Å². The Balaban J connectivity index is 2.93. The van der Waals surface area contributed by atoms with E-state index in [1.165, 1.54) is 0 Å². The van der Waals surface area contributed by atoms with E-state index < -0.39 is 12.1 Å². The average Bonchev–Trinajstić information content (AvgIpc) is 2.51. The molecular formula is C17H27N3O3. The number of carbonyl (C=O) groups is 2. The first-order valence-corrected chi connectivity index (χ1v) is 7.81. The molecule has 6 nitrogen and oxygen atoms in total. The minimum Gasteiger partial charge on any atom is -0.496 e. The van der Waals surface area contributed by atoms with Crippen molar-refractivity contribution in [3.63, 3.8) is 0 Å². The molecule has 1 rings (SSSR count). The molecule has 0 heterocycles. The van der Waals surface area contributed by atoms with E-state index in [1.54, 1.807) is 7.11 Å². The number of hydrogen-bond acceptors (Lipinski definition) is 3. The largest absolute Gasteiger partial charge is 0.496 e. The number of benzene rings is 1. The van der Waals surface area contributed by atoms with Gasteiger partial charge < -0.3 is 21.1 Å². The number of hydrogen-bond donors (Lipinski definition) is 3. The van der Waals surface area contributed by atoms with Gasteiger partial charge in [-0.1, -0.05) is 38.0 Å². The summed E-state index contributed by atoms with van der Waals surface area (Å²) in [6.45, 7) is 7.72. The lowest BCUT2D eigenvalue weighted by Crippen LogP contribution is -2.52. The fourth-order valence-electron chi connectivity index (χ4n) is 2.43. The molecule has 3 atom stereocenters. The number of ether oxygens (including phenoxy) is 1. The predicted molar refractivity (Wildman–Crippen MR) is 90.3 cm³/mol. The quantitative estimate of drug-likeness (QED) is 0.719. The van der Waals surface area contributed by atoms with E-state index in [1.807, 2.05) is 45.9 Å². The van der Waals surface area contributed by atoms with Gasteiger partial charge in [0.2, 0.25) is 5.91 Å². The molecule has 4 N–H and O–H groups in total. The summed E-state index contributed by atoms with van der Waals surface area (Å²) >= 11 is 0. The Labute approximate surface area is 137 Å². The lowest BCUT2D eigenvalue weighted by molar-refractivity contribution is -0.124. The van der Waals surface area contributed by atoms with E-state index in [4.69, 9.17) is 10.5 Å². The highest BCUT2D eigenvalue weighted by atomic mass is 16.5. The fourth-order valence-corrected chi connectivity index (χ4v) is 2.43. The molecule has 1 aromatic carbocycles. The van der Waals surface area contributed by atoms with E-state index in [2.05, 4.69) is 10.6 Å². The summed E-state index contributed by atoms with van der Waals surface area (Å²) in [5.74, 6) is 0.440. The van der Waals surface area contributed by atoms with Crippen LogP contribution in [0.15, 0.2) is 18.2 Å². The molecule has 128 valence electrons. The topological polar surface area (TPSA) is 93.5 Å². The molecule has 23 heavy (non-hydrogen) atoms. The van der Waals surface area contributed by atoms with Crippen LogP contribution in [0, 0.1) is 12.8 Å². The second kappa shape index (κ2) is 8.41. The van der Waals surface area contributed by atoms with Gasteiger partial charge in [0.1, 0.15) is 11.8 Å². The molecule has 0 bridgehead atoms. The van der Waals surface area contributed by atoms with Crippen LogP contribution in [0.2, 0.25) is 0 Å². The van der Waals surface area contributed by atoms with Crippen molar-refractivity contribution >= 4 is 11.9 Å². The van der Waals surface area contributed by atoms with Gasteiger partial charge in [-0.25, -0.2) is 4.79 Å². The van der Waals surface area contributed by atoms with Crippen molar-refractivity contribution in [1.82, 2.24) is 10.6 Å². The highest BCUT2D eigenvalue weighted by molar-refractivity contribution is 5.87. The molecule has 1 aromatic rings. The second-order valence-electron chi connectivity index (χ2n) is 5.85. The minimum atomic E-state index is -0.703. The summed E-state index contributed by atoms with van der Waals surface area (Å²) in [5, 5.41) is 5.45. The van der Waals surface area contributed by atoms with E-state index >= 15 is 0 Å². The van der Waals surface area contributed by atoms with Crippen LogP contribution in [0.4, 0.5) is 4.79 Å². The van der Waals surface area contributed by atoms with Crippen molar-refractivity contribution < 1.29 is 14.3 Å². The summed E-state index contributed by atoms with van der Waals surface area (Å²) in [5.41, 5.74) is 7.15. The van der Waals surface area contributed by atoms with E-state index in [0.717, 1.165) is 17.5 Å². The summed E-state index contributed by atoms with van der Waals surface area (Å²) < 4.78 is 5.36. The molecule has 0 spiro atoms. The number of aryl methyl sites for hydroxylation is 1. The van der Waals surface area contributed by atoms with Gasteiger partial charge in [-0.2, -0.15) is 0 Å². The molecule has 6 heteroatoms. The summed E-state index contributed by atoms with van der Waals surface area (Å²) in [7, 11) is 1.60. The fraction of sp³-hybridized carbons (Fsp3) is 0.529. The van der Waals surface area contributed by atoms with Crippen LogP contribution in [-0.4, -0.2) is 25.1 Å². The molecule has 0 aliphatic carbocycles. The SMILES string of the molecule is CC[C@@H](C)[C@@H](NC(N)=O)C(=O)N[C@@H](C)c1cc(C)ccc1OC. The van der Waals surface area contributed by atoms with E-state index in [0.29, 0.717) is 5.75 Å². The van der Waals surface area contributed by atoms with Gasteiger partial charge in [0.25, 0.3) is 0 Å². The van der Waals surface area contributed by atoms with Gasteiger partial charge >= 0.3 is 6.03 Å². The average molecular weight is 321 g/mol. The molecule has 0 fully saturated rings. The van der Waals surface area contributed by atoms with Crippen LogP contribution in [0.25, 0.3) is 0 Å². The molecule has 3 amide bonds. The smallest absolute Gasteiger partial charge is 0.312 e. The van der Waals surface area contributed by atoms with Crippen molar-refractivity contribution in [3.05, 3.63) is 29.3 Å². The monoisotopic (exact) mass is 321 g/mol. The zero-order valence-corrected chi connectivity index (χ0v) is 14.5. The van der Waals surface area contributed by atoms with E-state index in [9.17, 15) is 9.59 Å². The highest BCUT2D eigenvalue weighted by Gasteiger charge is 2.27. The second-order valence-corrected chi connectivity index (χ2v) is 5.85. The highest BCUT2D eigenvalue weighted by Crippen LogP contribution is 2.26. The Bertz CT molecular complexity index is 560. The minimum absolute atomic E-state index is 0.0193. The number of nitrogens with one attached hydrogen (secondary N) is 2. The summed E-state index contributed by atoms with van der Waals surface area (Å²) in [6, 6.07) is 4.19. The van der Waals surface area contributed by atoms with Crippen molar-refractivity contribution in [3.8, 4) is 5.75 Å². The van der Waals surface area contributed by atoms with Crippen molar-refractivity contribution in [1.29, 1.82) is 0 Å². The van der Waals surface area contributed by atoms with Crippen molar-refractivity contribution in [2.45, 2.75) is 46.2 Å². The number of methoxy groups -OCH3 is 1. The lowest BCUT2D eigenvalue weighted by Gasteiger charge is -2.25. The molecule has 0 aliphatic heterocycles. The molecule has 0 saturated heterocycles. The normalized spacial score (nSPS) is 14.5. The Kier molecular flexibility index (Phi) is 6.88. The van der Waals surface area contributed by atoms with E-state index in [-0.39, 0.29) is 17.9 Å². The van der Waals surface area contributed by atoms with Gasteiger partial charge in [-0.15, -0.1) is 0 Å². The lowest BCUT2D eigenvalue weighted by atomic mass is 9.97. The van der Waals surface area contributed by atoms with Gasteiger partial charge in [0.05, 0.1) is 13.2 Å². The first-order valence-electron chi connectivity index (χ1n) is 7.81. The third-order valence-electron chi connectivity index (χ3n) is 4.00. The summed E-state index contributed by atoms with van der Waals surface area (Å²) in [6.07, 6.45) is 0.751. The van der Waals surface area contributed by atoms with Crippen molar-refractivity contribution in [2.75, 3.05) is 7.11 Å². The van der Waals surface area contributed by atoms with Gasteiger partial charge in [-0.3, -0.25) is 4.79 Å². The Morgan fingerprint density at radius 1 is 1.26 bits per heavy atom. The maximum Gasteiger partial charge on any atom is 0.312 e. The van der Waals surface area contributed by atoms with Crippen LogP contribution in [-0.2, 0) is 4.79 Å². The van der Waals surface area contributed by atoms with Gasteiger partial charge in [0.15, 0.2) is 0 Å². The maximum atomic E-state index is 12.5. The Morgan fingerprint density at radius 2 is 1.91 bits per heavy atom. The molecule has 0 aliphatic rings. The number of rotatable bonds is 7. The third kappa shape index (κ3) is 5.16. The van der Waals surface area contributed by atoms with Crippen LogP contribution in [0.5, 0.6) is 5.75 Å². The number of amides is 3. The van der Waals surface area contributed by atoms with Crippen LogP contribution in [0.3, 0.4) is 0 Å². The summed E-state index contributed by atoms with van der Waals surface area (Å²) in [4.78, 5) is 23.7. The Hall–Kier alpha value is -2.24. The zero-order valence-electron chi connectivity index (χ0n) is 14.5. The predicted octanol–water partition coefficient (Wildman–Crippen LogP) is 2.26. The molecule has 0 saturated carbocycles. The number of urea groups is 1. The van der Waals surface area contributed by atoms with Crippen LogP contribution >= 0.6 is 0 Å². The number of nitrogens with two attached hydrogens (primary N) is 1. The van der Waals surface area contributed by atoms with Crippen LogP contribution < -0.4 is 21.1 Å². The molecule has 0 radical (unpaired) electrons. The molecule has 0 aromatic heterocycles. The Morgan fingerprint density at radius 3 is 2.43 bits per heavy atom. The van der Waals surface area contributed by atoms with Gasteiger partial charge in [-0.05, 0) is 25.8 Å². The van der Waals surface area contributed by atoms with Crippen molar-refractivity contribution in [2.24, 2.45) is 11.7 Å². The number of primary amides is 1. The molecular weight excluding hydrogens is 294 g/mol. The zero-order chi connectivity index (χ0) is 17.6. The molecule has 0 unspecified atom stereocenters. The number of carbonyl (C=O) groups excluding carboxylic acids is 2. The van der Waals surface area contributed by atoms with Gasteiger partial charge in [0, 0.05) is 5.56 Å². The standard InChI is InChI=1S/C17H27N3O3/c1-6-11(3)15(20-17(18)22)16(21)19-12(4)13-9-10(2)7-8-14(13)23-5/h7-9,11-12,15H,6H2,1-5H3,(H,19,21)(H3,18,20,22)/t11-,12+,15-/m1/s1. The first kappa shape index (κ1) is 18.8.